The summed E-state index contributed by atoms with van der Waals surface area (Å²) in [5, 5.41) is -0.534. The molecule has 2 aliphatic rings. The van der Waals surface area contributed by atoms with Gasteiger partial charge in [-0.2, -0.15) is 0 Å². The second kappa shape index (κ2) is 13.2. The molecule has 0 aliphatic heterocycles. The summed E-state index contributed by atoms with van der Waals surface area (Å²) >= 11 is 0. The fraction of sp³-hybridized carbons (Fsp3) is 0.611. The molecule has 1 aromatic carbocycles. The molecule has 3 rings (SSSR count). The molecule has 0 amide bonds. The lowest BCUT2D eigenvalue weighted by molar-refractivity contribution is 0.0106. The van der Waals surface area contributed by atoms with Gasteiger partial charge in [0.2, 0.25) is 0 Å². The van der Waals surface area contributed by atoms with Crippen molar-refractivity contribution in [3.05, 3.63) is 76.4 Å². The number of sulfone groups is 1. The van der Waals surface area contributed by atoms with Crippen LogP contribution in [-0.2, 0) is 9.84 Å². The molecule has 1 fully saturated rings. The molecule has 2 unspecified atom stereocenters. The summed E-state index contributed by atoms with van der Waals surface area (Å²) in [6.45, 7) is 18.2. The van der Waals surface area contributed by atoms with E-state index in [9.17, 15) is 8.42 Å². The highest BCUT2D eigenvalue weighted by molar-refractivity contribution is 7.92. The molecule has 0 spiro atoms. The molecule has 0 N–H and O–H groups in total. The van der Waals surface area contributed by atoms with Crippen LogP contribution in [0.1, 0.15) is 120 Å². The standard InChI is InChI=1S/C36H54O2S/c1-27(2)15-12-16-28(3)17-13-18-29(4)25-32(39(37,38)31-19-10-9-11-20-31)26-33-30(5)21-22-34-35(6,7)23-14-24-36(33,34)8/h9-11,15,17,19-20,25,32,34H,12-14,16,18,21-24,26H2,1-8H3/b28-17+,29-25+/t32?,34?,36-/m1/s1. The zero-order valence-corrected chi connectivity index (χ0v) is 26.9. The van der Waals surface area contributed by atoms with Crippen LogP contribution in [0, 0.1) is 16.7 Å². The minimum atomic E-state index is -3.51. The van der Waals surface area contributed by atoms with E-state index in [1.165, 1.54) is 53.5 Å². The average Bonchev–Trinajstić information content (AvgIpc) is 2.85. The normalized spacial score (nSPS) is 24.8. The van der Waals surface area contributed by atoms with E-state index in [1.54, 1.807) is 12.1 Å². The maximum atomic E-state index is 14.1. The van der Waals surface area contributed by atoms with Gasteiger partial charge in [0.05, 0.1) is 10.1 Å². The first-order valence-corrected chi connectivity index (χ1v) is 16.8. The van der Waals surface area contributed by atoms with Crippen LogP contribution in [0.4, 0.5) is 0 Å². The highest BCUT2D eigenvalue weighted by Crippen LogP contribution is 2.60. The van der Waals surface area contributed by atoms with Crippen molar-refractivity contribution >= 4 is 9.84 Å². The molecule has 3 atom stereocenters. The van der Waals surface area contributed by atoms with Gasteiger partial charge in [0.15, 0.2) is 9.84 Å². The van der Waals surface area contributed by atoms with Crippen LogP contribution in [0.15, 0.2) is 81.3 Å². The monoisotopic (exact) mass is 550 g/mol. The van der Waals surface area contributed by atoms with Crippen LogP contribution >= 0.6 is 0 Å². The largest absolute Gasteiger partial charge is 0.223 e. The lowest BCUT2D eigenvalue weighted by Crippen LogP contribution is -2.46. The average molecular weight is 551 g/mol. The van der Waals surface area contributed by atoms with Gasteiger partial charge in [-0.25, -0.2) is 8.42 Å². The quantitative estimate of drug-likeness (QED) is 0.257. The van der Waals surface area contributed by atoms with Crippen LogP contribution < -0.4 is 0 Å². The minimum absolute atomic E-state index is 0.0847. The van der Waals surface area contributed by atoms with E-state index in [-0.39, 0.29) is 5.41 Å². The number of allylic oxidation sites excluding steroid dienone is 7. The van der Waals surface area contributed by atoms with E-state index >= 15 is 0 Å². The van der Waals surface area contributed by atoms with Gasteiger partial charge in [-0.3, -0.25) is 0 Å². The van der Waals surface area contributed by atoms with E-state index < -0.39 is 15.1 Å². The summed E-state index contributed by atoms with van der Waals surface area (Å²) in [5.74, 6) is 0.613. The Bertz CT molecular complexity index is 1210. The van der Waals surface area contributed by atoms with Crippen LogP contribution in [0.25, 0.3) is 0 Å². The van der Waals surface area contributed by atoms with Gasteiger partial charge < -0.3 is 0 Å². The van der Waals surface area contributed by atoms with E-state index in [0.717, 1.165) is 32.1 Å². The fourth-order valence-electron chi connectivity index (χ4n) is 7.48. The first-order valence-electron chi connectivity index (χ1n) is 15.2. The van der Waals surface area contributed by atoms with Gasteiger partial charge >= 0.3 is 0 Å². The molecule has 39 heavy (non-hydrogen) atoms. The highest BCUT2D eigenvalue weighted by Gasteiger charge is 2.50. The smallest absolute Gasteiger partial charge is 0.185 e. The van der Waals surface area contributed by atoms with Crippen molar-refractivity contribution in [1.82, 2.24) is 0 Å². The molecule has 3 heteroatoms. The van der Waals surface area contributed by atoms with Gasteiger partial charge in [-0.1, -0.05) is 91.5 Å². The van der Waals surface area contributed by atoms with E-state index in [0.29, 0.717) is 22.6 Å². The fourth-order valence-corrected chi connectivity index (χ4v) is 9.16. The third-order valence-corrected chi connectivity index (χ3v) is 11.7. The van der Waals surface area contributed by atoms with E-state index in [4.69, 9.17) is 0 Å². The minimum Gasteiger partial charge on any atom is -0.223 e. The Morgan fingerprint density at radius 2 is 1.59 bits per heavy atom. The Morgan fingerprint density at radius 1 is 0.949 bits per heavy atom. The van der Waals surface area contributed by atoms with Crippen molar-refractivity contribution in [3.63, 3.8) is 0 Å². The van der Waals surface area contributed by atoms with E-state index in [2.05, 4.69) is 73.6 Å². The summed E-state index contributed by atoms with van der Waals surface area (Å²) in [7, 11) is -3.51. The molecule has 1 saturated carbocycles. The van der Waals surface area contributed by atoms with Crippen LogP contribution in [-0.4, -0.2) is 13.7 Å². The maximum absolute atomic E-state index is 14.1. The van der Waals surface area contributed by atoms with Crippen LogP contribution in [0.2, 0.25) is 0 Å². The predicted molar refractivity (Wildman–Crippen MR) is 169 cm³/mol. The molecule has 2 nitrogen and oxygen atoms in total. The van der Waals surface area contributed by atoms with Gasteiger partial charge in [0, 0.05) is 0 Å². The third-order valence-electron chi connectivity index (χ3n) is 9.71. The molecule has 216 valence electrons. The second-order valence-electron chi connectivity index (χ2n) is 13.6. The zero-order valence-electron chi connectivity index (χ0n) is 26.1. The molecule has 0 radical (unpaired) electrons. The Labute approximate surface area is 240 Å². The molecular formula is C36H54O2S. The SMILES string of the molecule is CC(C)=CCC/C(C)=C/CC/C(C)=C/C(CC1=C(C)CCC2C(C)(C)CCC[C@]12C)S(=O)(=O)c1ccccc1. The van der Waals surface area contributed by atoms with Crippen molar-refractivity contribution in [3.8, 4) is 0 Å². The lowest BCUT2D eigenvalue weighted by Gasteiger charge is -2.55. The predicted octanol–water partition coefficient (Wildman–Crippen LogP) is 10.6. The summed E-state index contributed by atoms with van der Waals surface area (Å²) < 4.78 is 28.2. The van der Waals surface area contributed by atoms with Gasteiger partial charge in [-0.05, 0) is 121 Å². The summed E-state index contributed by atoms with van der Waals surface area (Å²) in [6, 6.07) is 9.11. The lowest BCUT2D eigenvalue weighted by atomic mass is 9.50. The Kier molecular flexibility index (Phi) is 10.7. The first-order chi connectivity index (χ1) is 18.3. The molecule has 1 aromatic rings. The van der Waals surface area contributed by atoms with Crippen molar-refractivity contribution in [2.75, 3.05) is 0 Å². The summed E-state index contributed by atoms with van der Waals surface area (Å²) in [6.07, 6.45) is 17.3. The topological polar surface area (TPSA) is 34.1 Å². The van der Waals surface area contributed by atoms with Gasteiger partial charge in [0.1, 0.15) is 0 Å². The number of fused-ring (bicyclic) bond motifs is 1. The number of hydrogen-bond donors (Lipinski definition) is 0. The second-order valence-corrected chi connectivity index (χ2v) is 15.8. The van der Waals surface area contributed by atoms with Gasteiger partial charge in [-0.15, -0.1) is 0 Å². The highest BCUT2D eigenvalue weighted by atomic mass is 32.2. The number of rotatable bonds is 11. The molecule has 0 bridgehead atoms. The summed E-state index contributed by atoms with van der Waals surface area (Å²) in [4.78, 5) is 0.439. The Morgan fingerprint density at radius 3 is 2.26 bits per heavy atom. The molecular weight excluding hydrogens is 496 g/mol. The molecule has 2 aliphatic carbocycles. The number of hydrogen-bond acceptors (Lipinski definition) is 2. The van der Waals surface area contributed by atoms with Crippen LogP contribution in [0.3, 0.4) is 0 Å². The van der Waals surface area contributed by atoms with Gasteiger partial charge in [0.25, 0.3) is 0 Å². The zero-order chi connectivity index (χ0) is 28.8. The van der Waals surface area contributed by atoms with Crippen molar-refractivity contribution < 1.29 is 8.42 Å². The first kappa shape index (κ1) is 31.7. The number of benzene rings is 1. The van der Waals surface area contributed by atoms with E-state index in [1.807, 2.05) is 18.2 Å². The third kappa shape index (κ3) is 7.87. The van der Waals surface area contributed by atoms with Crippen molar-refractivity contribution in [2.24, 2.45) is 16.7 Å². The summed E-state index contributed by atoms with van der Waals surface area (Å²) in [5.41, 5.74) is 7.20. The maximum Gasteiger partial charge on any atom is 0.185 e. The van der Waals surface area contributed by atoms with Crippen molar-refractivity contribution in [1.29, 1.82) is 0 Å². The molecule has 0 aromatic heterocycles. The van der Waals surface area contributed by atoms with Crippen LogP contribution in [0.5, 0.6) is 0 Å². The molecule has 0 heterocycles. The van der Waals surface area contributed by atoms with Crippen molar-refractivity contribution in [2.45, 2.75) is 130 Å². The Balaban J connectivity index is 1.90. The Hall–Kier alpha value is -1.87. The molecule has 0 saturated heterocycles.